The van der Waals surface area contributed by atoms with Crippen LogP contribution in [0.2, 0.25) is 0 Å². The number of benzene rings is 2. The molecule has 0 fully saturated rings. The minimum atomic E-state index is -4.73. The third kappa shape index (κ3) is 4.57. The largest absolute Gasteiger partial charge is 0.418 e. The molecule has 0 heterocycles. The topological polar surface area (TPSA) is 82.0 Å². The molecule has 128 valence electrons. The number of halogens is 3. The fourth-order valence-electron chi connectivity index (χ4n) is 2.09. The van der Waals surface area contributed by atoms with Crippen LogP contribution in [0, 0.1) is 11.3 Å². The van der Waals surface area contributed by atoms with E-state index in [0.717, 1.165) is 12.1 Å². The summed E-state index contributed by atoms with van der Waals surface area (Å²) in [6.45, 7) is 1.17. The Morgan fingerprint density at radius 1 is 1.08 bits per heavy atom. The Morgan fingerprint density at radius 3 is 2.40 bits per heavy atom. The van der Waals surface area contributed by atoms with E-state index in [1.807, 2.05) is 6.07 Å². The molecule has 2 aromatic rings. The van der Waals surface area contributed by atoms with Gasteiger partial charge >= 0.3 is 6.18 Å². The quantitative estimate of drug-likeness (QED) is 0.886. The Hall–Kier alpha value is -3.34. The van der Waals surface area contributed by atoms with Crippen LogP contribution in [0.4, 0.5) is 24.5 Å². The highest BCUT2D eigenvalue weighted by atomic mass is 19.4. The summed E-state index contributed by atoms with van der Waals surface area (Å²) in [4.78, 5) is 23.2. The Labute approximate surface area is 141 Å². The van der Waals surface area contributed by atoms with Gasteiger partial charge in [0, 0.05) is 18.2 Å². The maximum Gasteiger partial charge on any atom is 0.418 e. The number of carbonyl (C=O) groups excluding carboxylic acids is 2. The van der Waals surface area contributed by atoms with E-state index in [9.17, 15) is 22.8 Å². The zero-order chi connectivity index (χ0) is 18.6. The maximum atomic E-state index is 13.2. The van der Waals surface area contributed by atoms with E-state index in [1.54, 1.807) is 0 Å². The first kappa shape index (κ1) is 18.0. The third-order valence-electron chi connectivity index (χ3n) is 3.15. The molecule has 0 aliphatic rings. The standard InChI is InChI=1S/C17H12F3N3O2/c1-10(24)22-13-5-6-15(14(8-13)17(18,19)20)23-16(25)12-4-2-3-11(7-12)9-21/h2-8H,1H3,(H,22,24)(H,23,25). The third-order valence-corrected chi connectivity index (χ3v) is 3.15. The zero-order valence-electron chi connectivity index (χ0n) is 12.9. The number of anilines is 2. The van der Waals surface area contributed by atoms with Crippen molar-refractivity contribution in [1.29, 1.82) is 5.26 Å². The highest BCUT2D eigenvalue weighted by Crippen LogP contribution is 2.36. The summed E-state index contributed by atoms with van der Waals surface area (Å²) >= 11 is 0. The Kier molecular flexibility index (Phi) is 5.08. The van der Waals surface area contributed by atoms with Crippen molar-refractivity contribution in [2.45, 2.75) is 13.1 Å². The summed E-state index contributed by atoms with van der Waals surface area (Å²) in [5.41, 5.74) is -1.32. The molecule has 2 rings (SSSR count). The monoisotopic (exact) mass is 347 g/mol. The lowest BCUT2D eigenvalue weighted by Gasteiger charge is -2.15. The number of amides is 2. The van der Waals surface area contributed by atoms with Crippen molar-refractivity contribution in [2.24, 2.45) is 0 Å². The fourth-order valence-corrected chi connectivity index (χ4v) is 2.09. The van der Waals surface area contributed by atoms with Gasteiger partial charge in [0.05, 0.1) is 22.9 Å². The summed E-state index contributed by atoms with van der Waals surface area (Å²) in [5.74, 6) is -1.30. The van der Waals surface area contributed by atoms with Gasteiger partial charge in [0.2, 0.25) is 5.91 Å². The summed E-state index contributed by atoms with van der Waals surface area (Å²) in [6, 6.07) is 10.5. The van der Waals surface area contributed by atoms with E-state index in [2.05, 4.69) is 10.6 Å². The predicted octanol–water partition coefficient (Wildman–Crippen LogP) is 3.79. The molecule has 2 N–H and O–H groups in total. The average molecular weight is 347 g/mol. The number of rotatable bonds is 3. The van der Waals surface area contributed by atoms with Crippen LogP contribution in [0.15, 0.2) is 42.5 Å². The molecule has 0 saturated carbocycles. The summed E-state index contributed by atoms with van der Waals surface area (Å²) < 4.78 is 39.7. The van der Waals surface area contributed by atoms with Gasteiger partial charge in [-0.1, -0.05) is 6.07 Å². The van der Waals surface area contributed by atoms with Gasteiger partial charge in [0.1, 0.15) is 0 Å². The molecule has 0 bridgehead atoms. The first-order valence-corrected chi connectivity index (χ1v) is 7.01. The number of nitriles is 1. The van der Waals surface area contributed by atoms with Gasteiger partial charge in [-0.25, -0.2) is 0 Å². The molecule has 2 amide bonds. The Balaban J connectivity index is 2.36. The SMILES string of the molecule is CC(=O)Nc1ccc(NC(=O)c2cccc(C#N)c2)c(C(F)(F)F)c1. The molecule has 0 aromatic heterocycles. The van der Waals surface area contributed by atoms with Crippen LogP contribution in [0.3, 0.4) is 0 Å². The highest BCUT2D eigenvalue weighted by Gasteiger charge is 2.34. The molecule has 0 unspecified atom stereocenters. The summed E-state index contributed by atoms with van der Waals surface area (Å²) in [5, 5.41) is 13.3. The molecule has 0 spiro atoms. The molecule has 0 saturated heterocycles. The minimum absolute atomic E-state index is 0.0377. The van der Waals surface area contributed by atoms with Crippen molar-refractivity contribution in [2.75, 3.05) is 10.6 Å². The second-order valence-electron chi connectivity index (χ2n) is 5.09. The number of hydrogen-bond acceptors (Lipinski definition) is 3. The molecule has 25 heavy (non-hydrogen) atoms. The van der Waals surface area contributed by atoms with Crippen molar-refractivity contribution in [3.05, 3.63) is 59.2 Å². The molecule has 0 atom stereocenters. The first-order valence-electron chi connectivity index (χ1n) is 7.01. The van der Waals surface area contributed by atoms with Gasteiger partial charge in [-0.2, -0.15) is 18.4 Å². The molecule has 0 aliphatic carbocycles. The van der Waals surface area contributed by atoms with E-state index in [1.165, 1.54) is 37.3 Å². The average Bonchev–Trinajstić information content (AvgIpc) is 2.54. The van der Waals surface area contributed by atoms with Crippen molar-refractivity contribution in [3.8, 4) is 6.07 Å². The molecule has 5 nitrogen and oxygen atoms in total. The van der Waals surface area contributed by atoms with E-state index in [0.29, 0.717) is 0 Å². The normalized spacial score (nSPS) is 10.7. The van der Waals surface area contributed by atoms with Crippen LogP contribution in [0.25, 0.3) is 0 Å². The van der Waals surface area contributed by atoms with Crippen LogP contribution >= 0.6 is 0 Å². The molecular formula is C17H12F3N3O2. The van der Waals surface area contributed by atoms with Gasteiger partial charge in [-0.05, 0) is 36.4 Å². The van der Waals surface area contributed by atoms with E-state index in [-0.39, 0.29) is 16.8 Å². The van der Waals surface area contributed by atoms with Crippen molar-refractivity contribution >= 4 is 23.2 Å². The number of nitrogens with one attached hydrogen (secondary N) is 2. The predicted molar refractivity (Wildman–Crippen MR) is 84.9 cm³/mol. The van der Waals surface area contributed by atoms with Gasteiger partial charge in [0.15, 0.2) is 0 Å². The summed E-state index contributed by atoms with van der Waals surface area (Å²) in [7, 11) is 0. The van der Waals surface area contributed by atoms with Gasteiger partial charge < -0.3 is 10.6 Å². The van der Waals surface area contributed by atoms with Crippen molar-refractivity contribution in [3.63, 3.8) is 0 Å². The zero-order valence-corrected chi connectivity index (χ0v) is 12.9. The highest BCUT2D eigenvalue weighted by molar-refractivity contribution is 6.05. The van der Waals surface area contributed by atoms with Crippen molar-refractivity contribution in [1.82, 2.24) is 0 Å². The van der Waals surface area contributed by atoms with Gasteiger partial charge in [-0.3, -0.25) is 9.59 Å². The first-order chi connectivity index (χ1) is 11.7. The lowest BCUT2D eigenvalue weighted by molar-refractivity contribution is -0.137. The maximum absolute atomic E-state index is 13.2. The van der Waals surface area contributed by atoms with Crippen LogP contribution in [-0.4, -0.2) is 11.8 Å². The fraction of sp³-hybridized carbons (Fsp3) is 0.118. The van der Waals surface area contributed by atoms with E-state index in [4.69, 9.17) is 5.26 Å². The van der Waals surface area contributed by atoms with Crippen LogP contribution in [0.1, 0.15) is 28.4 Å². The van der Waals surface area contributed by atoms with Gasteiger partial charge in [-0.15, -0.1) is 0 Å². The number of carbonyl (C=O) groups is 2. The van der Waals surface area contributed by atoms with E-state index < -0.39 is 29.2 Å². The number of alkyl halides is 3. The Morgan fingerprint density at radius 2 is 1.80 bits per heavy atom. The van der Waals surface area contributed by atoms with Crippen LogP contribution in [-0.2, 0) is 11.0 Å². The molecule has 0 radical (unpaired) electrons. The van der Waals surface area contributed by atoms with Crippen molar-refractivity contribution < 1.29 is 22.8 Å². The molecule has 0 aliphatic heterocycles. The number of hydrogen-bond donors (Lipinski definition) is 2. The van der Waals surface area contributed by atoms with Gasteiger partial charge in [0.25, 0.3) is 5.91 Å². The second-order valence-corrected chi connectivity index (χ2v) is 5.09. The molecule has 2 aromatic carbocycles. The van der Waals surface area contributed by atoms with Crippen LogP contribution in [0.5, 0.6) is 0 Å². The second kappa shape index (κ2) is 7.05. The lowest BCUT2D eigenvalue weighted by Crippen LogP contribution is -2.17. The minimum Gasteiger partial charge on any atom is -0.326 e. The van der Waals surface area contributed by atoms with Crippen LogP contribution < -0.4 is 10.6 Å². The Bertz CT molecular complexity index is 870. The summed E-state index contributed by atoms with van der Waals surface area (Å²) in [6.07, 6.45) is -4.73. The van der Waals surface area contributed by atoms with E-state index >= 15 is 0 Å². The molecule has 8 heteroatoms. The smallest absolute Gasteiger partial charge is 0.326 e. The lowest BCUT2D eigenvalue weighted by atomic mass is 10.1. The number of nitrogens with zero attached hydrogens (tertiary/aromatic N) is 1. The molecular weight excluding hydrogens is 335 g/mol.